The standard InChI is InChI=1S/C23H38F2O5.C23H36F2O5.2C20H34F2O4.C20H36F2O2/c2*1-4-5-16-23(24,25)21(27)15-13-18-12-14-20(30-17(2)26)19(18)10-8-6-7-9-11-22(28)29-3;2*1-2-3-14-20(21,22)18(24)13-11-15-10-12-17(23)16(15)8-6-4-5-7-9-19(25)26;1-3-5-7-8-9-10-17-16(11-13-18(17)23)12-14-19(24)20(21,22)15-6-4-2/h18-20H,4-16H2,1-3H3;13,15,18-20H,4-12,14,16H2,1-3H3;2*15-17,23H,2-14H2,1H3,(H,25,26);16-18,23H,3-15H2,1-2H3/b;15-13+;;;/t2*18-,19?,20+;2*15-,16?,17+;16-,17?,18+/m11111/s1. The zero-order chi connectivity index (χ0) is 102. The van der Waals surface area contributed by atoms with Crippen LogP contribution in [-0.2, 0) is 71.7 Å². The number of carbonyl (C=O) groups is 11. The van der Waals surface area contributed by atoms with Crippen LogP contribution in [0.4, 0.5) is 43.9 Å². The van der Waals surface area contributed by atoms with E-state index in [1.54, 1.807) is 6.08 Å². The summed E-state index contributed by atoms with van der Waals surface area (Å²) in [5.41, 5.74) is 0. The fourth-order valence-corrected chi connectivity index (χ4v) is 20.3. The van der Waals surface area contributed by atoms with E-state index in [1.165, 1.54) is 53.8 Å². The lowest BCUT2D eigenvalue weighted by Gasteiger charge is -2.25. The van der Waals surface area contributed by atoms with E-state index in [2.05, 4.69) is 16.4 Å². The molecule has 5 fully saturated rings. The minimum absolute atomic E-state index is 0.0165. The zero-order valence-corrected chi connectivity index (χ0v) is 84.5. The molecule has 5 aliphatic carbocycles. The number of Topliss-reactive ketones (excluding diaryl/α,β-unsaturated/α-hetero) is 4. The monoisotopic (exact) mass is 1960 g/mol. The first-order chi connectivity index (χ1) is 64.4. The number of methoxy groups -OCH3 is 2. The van der Waals surface area contributed by atoms with Gasteiger partial charge in [-0.1, -0.05) is 189 Å². The van der Waals surface area contributed by atoms with Gasteiger partial charge in [-0.25, -0.2) is 0 Å². The molecule has 5 saturated carbocycles. The van der Waals surface area contributed by atoms with Crippen LogP contribution in [0.1, 0.15) is 460 Å². The molecule has 0 aromatic carbocycles. The molecule has 0 spiro atoms. The molecule has 792 valence electrons. The summed E-state index contributed by atoms with van der Waals surface area (Å²) in [5, 5.41) is 47.7. The van der Waals surface area contributed by atoms with E-state index in [9.17, 15) is 112 Å². The van der Waals surface area contributed by atoms with Crippen LogP contribution in [0.3, 0.4) is 0 Å². The molecule has 30 heteroatoms. The molecule has 15 atom stereocenters. The van der Waals surface area contributed by atoms with Crippen molar-refractivity contribution in [3.8, 4) is 0 Å². The summed E-state index contributed by atoms with van der Waals surface area (Å²) >= 11 is 0. The second kappa shape index (κ2) is 72.4. The van der Waals surface area contributed by atoms with Crippen molar-refractivity contribution < 1.29 is 141 Å². The Kier molecular flexibility index (Phi) is 68.2. The van der Waals surface area contributed by atoms with Crippen LogP contribution in [0.5, 0.6) is 0 Å². The maximum atomic E-state index is 14.0. The number of hydrogen-bond acceptors (Lipinski definition) is 18. The van der Waals surface area contributed by atoms with Crippen molar-refractivity contribution in [2.75, 3.05) is 14.2 Å². The number of carbonyl (C=O) groups excluding carboxylic acids is 9. The molecular weight excluding hydrogens is 1780 g/mol. The molecule has 5 unspecified atom stereocenters. The average Bonchev–Trinajstić information content (AvgIpc) is 1.68. The molecule has 20 nitrogen and oxygen atoms in total. The minimum Gasteiger partial charge on any atom is -0.481 e. The predicted molar refractivity (Wildman–Crippen MR) is 507 cm³/mol. The SMILES string of the molecule is CCCCC(F)(F)C(=O)/C=C/[C@H]1CC[C@H](OC(C)=O)C1CCCCCCC(=O)OC.CCCCC(F)(F)C(=O)CC[C@H]1CC[C@H](O)C1CCCCCCC(=O)O.CCCCC(F)(F)C(=O)CC[C@H]1CC[C@H](O)C1CCCCCCC(=O)O.CCCCC(F)(F)C(=O)CC[C@H]1CC[C@H](OC(C)=O)C1CCCCCCC(=O)OC.CCCCCCCC1[C@@H](CCC(=O)C(F)(F)CCCC)CC[C@@H]1O. The molecule has 0 radical (unpaired) electrons. The van der Waals surface area contributed by atoms with Crippen molar-refractivity contribution in [3.05, 3.63) is 12.2 Å². The Bertz CT molecular complexity index is 3280. The van der Waals surface area contributed by atoms with Crippen molar-refractivity contribution in [1.29, 1.82) is 0 Å². The Labute approximate surface area is 807 Å². The van der Waals surface area contributed by atoms with Gasteiger partial charge in [0.15, 0.2) is 0 Å². The second-order valence-electron chi connectivity index (χ2n) is 39.5. The van der Waals surface area contributed by atoms with E-state index in [-0.39, 0.29) is 166 Å². The summed E-state index contributed by atoms with van der Waals surface area (Å²) in [6, 6.07) is 0. The van der Waals surface area contributed by atoms with Gasteiger partial charge in [0.05, 0.1) is 32.5 Å². The third kappa shape index (κ3) is 54.9. The lowest BCUT2D eigenvalue weighted by atomic mass is 9.85. The third-order valence-electron chi connectivity index (χ3n) is 28.6. The molecule has 5 N–H and O–H groups in total. The van der Waals surface area contributed by atoms with Crippen LogP contribution in [0.25, 0.3) is 0 Å². The highest BCUT2D eigenvalue weighted by Crippen LogP contribution is 2.46. The lowest BCUT2D eigenvalue weighted by molar-refractivity contribution is -0.149. The van der Waals surface area contributed by atoms with Crippen molar-refractivity contribution in [2.45, 2.75) is 520 Å². The molecule has 5 rings (SSSR count). The Morgan fingerprint density at radius 1 is 0.287 bits per heavy atom. The van der Waals surface area contributed by atoms with Gasteiger partial charge in [0, 0.05) is 103 Å². The molecule has 0 amide bonds. The summed E-state index contributed by atoms with van der Waals surface area (Å²) in [7, 11) is 2.75. The van der Waals surface area contributed by atoms with Gasteiger partial charge < -0.3 is 44.5 Å². The van der Waals surface area contributed by atoms with E-state index in [0.717, 1.165) is 173 Å². The summed E-state index contributed by atoms with van der Waals surface area (Å²) < 4.78 is 159. The number of aliphatic carboxylic acids is 2. The number of rotatable bonds is 70. The number of ether oxygens (including phenoxy) is 4. The quantitative estimate of drug-likeness (QED) is 0.0124. The van der Waals surface area contributed by atoms with Crippen molar-refractivity contribution in [2.24, 2.45) is 59.2 Å². The molecule has 0 heterocycles. The summed E-state index contributed by atoms with van der Waals surface area (Å²) in [4.78, 5) is 126. The third-order valence-corrected chi connectivity index (χ3v) is 28.6. The maximum absolute atomic E-state index is 14.0. The number of unbranched alkanes of at least 4 members (excludes halogenated alkanes) is 21. The van der Waals surface area contributed by atoms with Crippen molar-refractivity contribution >= 4 is 64.7 Å². The Hall–Kier alpha value is -5.91. The molecule has 5 aliphatic rings. The first kappa shape index (κ1) is 128. The van der Waals surface area contributed by atoms with Crippen LogP contribution in [0, 0.1) is 59.2 Å². The van der Waals surface area contributed by atoms with E-state index in [1.807, 2.05) is 34.6 Å². The normalized spacial score (nSPS) is 22.7. The Balaban J connectivity index is 0.000000852. The number of aliphatic hydroxyl groups excluding tert-OH is 3. The summed E-state index contributed by atoms with van der Waals surface area (Å²) in [5.74, 6) is -22.7. The number of carboxylic acid groups (broad SMARTS) is 2. The molecule has 0 saturated heterocycles. The Morgan fingerprint density at radius 3 is 0.831 bits per heavy atom. The largest absolute Gasteiger partial charge is 0.481 e. The summed E-state index contributed by atoms with van der Waals surface area (Å²) in [6.45, 7) is 14.1. The molecule has 0 aromatic rings. The smallest absolute Gasteiger partial charge is 0.309 e. The molecule has 0 bridgehead atoms. The van der Waals surface area contributed by atoms with Gasteiger partial charge in [-0.2, -0.15) is 43.9 Å². The number of carboxylic acids is 2. The van der Waals surface area contributed by atoms with E-state index < -0.39 is 89.1 Å². The highest BCUT2D eigenvalue weighted by molar-refractivity contribution is 5.95. The first-order valence-electron chi connectivity index (χ1n) is 52.6. The molecular formula is C106H178F10O20. The van der Waals surface area contributed by atoms with E-state index >= 15 is 0 Å². The highest BCUT2D eigenvalue weighted by atomic mass is 19.3. The van der Waals surface area contributed by atoms with Gasteiger partial charge >= 0.3 is 65.4 Å². The van der Waals surface area contributed by atoms with Gasteiger partial charge in [0.1, 0.15) is 12.2 Å². The van der Waals surface area contributed by atoms with E-state index in [4.69, 9.17) is 19.7 Å². The van der Waals surface area contributed by atoms with Gasteiger partial charge in [-0.05, 0) is 239 Å². The van der Waals surface area contributed by atoms with Gasteiger partial charge in [0.25, 0.3) is 0 Å². The van der Waals surface area contributed by atoms with Crippen LogP contribution in [0.2, 0.25) is 0 Å². The topological polar surface area (TPSA) is 326 Å². The predicted octanol–water partition coefficient (Wildman–Crippen LogP) is 26.9. The van der Waals surface area contributed by atoms with Gasteiger partial charge in [-0.15, -0.1) is 0 Å². The molecule has 0 aromatic heterocycles. The minimum atomic E-state index is -3.32. The van der Waals surface area contributed by atoms with Crippen LogP contribution in [0.15, 0.2) is 12.2 Å². The Morgan fingerprint density at radius 2 is 0.537 bits per heavy atom. The van der Waals surface area contributed by atoms with E-state index in [0.29, 0.717) is 141 Å². The number of ketones is 5. The zero-order valence-electron chi connectivity index (χ0n) is 84.5. The number of allylic oxidation sites excluding steroid dienone is 2. The average molecular weight is 1960 g/mol. The maximum Gasteiger partial charge on any atom is 0.309 e. The van der Waals surface area contributed by atoms with Crippen molar-refractivity contribution in [1.82, 2.24) is 0 Å². The fraction of sp³-hybridized carbons (Fsp3) is 0.877. The van der Waals surface area contributed by atoms with Gasteiger partial charge in [0.2, 0.25) is 28.9 Å². The number of esters is 4. The van der Waals surface area contributed by atoms with Gasteiger partial charge in [-0.3, -0.25) is 52.7 Å². The first-order valence-corrected chi connectivity index (χ1v) is 52.6. The fourth-order valence-electron chi connectivity index (χ4n) is 20.3. The number of aliphatic hydroxyl groups is 3. The second-order valence-corrected chi connectivity index (χ2v) is 39.5. The number of alkyl halides is 10. The van der Waals surface area contributed by atoms with Crippen LogP contribution >= 0.6 is 0 Å². The summed E-state index contributed by atoms with van der Waals surface area (Å²) in [6.07, 6.45) is 38.0. The number of hydrogen-bond donors (Lipinski definition) is 5. The molecule has 0 aliphatic heterocycles. The number of halogens is 10. The highest BCUT2D eigenvalue weighted by Gasteiger charge is 2.46. The van der Waals surface area contributed by atoms with Crippen molar-refractivity contribution in [3.63, 3.8) is 0 Å². The van der Waals surface area contributed by atoms with Crippen LogP contribution < -0.4 is 0 Å². The van der Waals surface area contributed by atoms with Crippen LogP contribution in [-0.4, -0.2) is 165 Å². The molecule has 136 heavy (non-hydrogen) atoms. The lowest BCUT2D eigenvalue weighted by Crippen LogP contribution is -2.30.